The molecule has 1 N–H and O–H groups in total. The second kappa shape index (κ2) is 6.15. The highest BCUT2D eigenvalue weighted by molar-refractivity contribution is 9.10. The van der Waals surface area contributed by atoms with Crippen molar-refractivity contribution < 1.29 is 8.42 Å². The number of hydrogen-bond acceptors (Lipinski definition) is 3. The zero-order valence-corrected chi connectivity index (χ0v) is 12.3. The Labute approximate surface area is 116 Å². The summed E-state index contributed by atoms with van der Waals surface area (Å²) in [6.07, 6.45) is 0. The topological polar surface area (TPSA) is 49.4 Å². The fourth-order valence-corrected chi connectivity index (χ4v) is 3.35. The maximum absolute atomic E-state index is 12.2. The van der Waals surface area contributed by atoms with Crippen molar-refractivity contribution in [3.8, 4) is 0 Å². The van der Waals surface area contributed by atoms with Gasteiger partial charge in [-0.05, 0) is 24.3 Å². The van der Waals surface area contributed by atoms with E-state index in [2.05, 4.69) is 21.2 Å². The van der Waals surface area contributed by atoms with E-state index in [1.165, 1.54) is 4.31 Å². The standard InChI is InChI=1S/C10H13BrN2O2S.ClH/c11-9-1-3-10(4-2-9)16(14,15)13-7-5-12-6-8-13;/h1-4,12H,5-8H2;1H. The Morgan fingerprint density at radius 3 is 2.18 bits per heavy atom. The Morgan fingerprint density at radius 2 is 1.65 bits per heavy atom. The van der Waals surface area contributed by atoms with Crippen LogP contribution in [0.4, 0.5) is 0 Å². The highest BCUT2D eigenvalue weighted by Crippen LogP contribution is 2.18. The van der Waals surface area contributed by atoms with E-state index in [9.17, 15) is 8.42 Å². The SMILES string of the molecule is Cl.O=S(=O)(c1ccc(Br)cc1)N1CCNCC1. The molecule has 1 saturated heterocycles. The third-order valence-corrected chi connectivity index (χ3v) is 4.97. The first-order valence-electron chi connectivity index (χ1n) is 5.07. The molecule has 0 spiro atoms. The minimum absolute atomic E-state index is 0. The number of benzene rings is 1. The van der Waals surface area contributed by atoms with E-state index in [1.807, 2.05) is 0 Å². The molecule has 1 aliphatic rings. The zero-order chi connectivity index (χ0) is 11.6. The molecule has 0 aromatic heterocycles. The van der Waals surface area contributed by atoms with Crippen molar-refractivity contribution in [2.45, 2.75) is 4.90 Å². The van der Waals surface area contributed by atoms with Crippen molar-refractivity contribution in [2.75, 3.05) is 26.2 Å². The predicted octanol–water partition coefficient (Wildman–Crippen LogP) is 1.46. The molecule has 96 valence electrons. The Morgan fingerprint density at radius 1 is 1.12 bits per heavy atom. The Bertz CT molecular complexity index is 458. The molecular formula is C10H14BrClN2O2S. The molecule has 0 atom stereocenters. The summed E-state index contributed by atoms with van der Waals surface area (Å²) >= 11 is 3.29. The molecule has 17 heavy (non-hydrogen) atoms. The lowest BCUT2D eigenvalue weighted by Crippen LogP contribution is -2.46. The highest BCUT2D eigenvalue weighted by atomic mass is 79.9. The molecule has 0 saturated carbocycles. The van der Waals surface area contributed by atoms with Gasteiger partial charge in [-0.1, -0.05) is 15.9 Å². The van der Waals surface area contributed by atoms with Crippen LogP contribution in [0.5, 0.6) is 0 Å². The summed E-state index contributed by atoms with van der Waals surface area (Å²) in [7, 11) is -3.31. The average molecular weight is 342 g/mol. The summed E-state index contributed by atoms with van der Waals surface area (Å²) in [4.78, 5) is 0.359. The number of nitrogens with zero attached hydrogens (tertiary/aromatic N) is 1. The van der Waals surface area contributed by atoms with Gasteiger partial charge in [0.15, 0.2) is 0 Å². The molecule has 1 aliphatic heterocycles. The molecule has 4 nitrogen and oxygen atoms in total. The molecule has 0 radical (unpaired) electrons. The van der Waals surface area contributed by atoms with E-state index in [0.717, 1.165) is 17.6 Å². The minimum Gasteiger partial charge on any atom is -0.314 e. The Hall–Kier alpha value is -0.140. The molecule has 1 aromatic carbocycles. The number of rotatable bonds is 2. The predicted molar refractivity (Wildman–Crippen MR) is 73.0 cm³/mol. The van der Waals surface area contributed by atoms with Crippen LogP contribution >= 0.6 is 28.3 Å². The first-order valence-corrected chi connectivity index (χ1v) is 7.30. The van der Waals surface area contributed by atoms with E-state index < -0.39 is 10.0 Å². The maximum atomic E-state index is 12.2. The molecule has 2 rings (SSSR count). The van der Waals surface area contributed by atoms with E-state index >= 15 is 0 Å². The highest BCUT2D eigenvalue weighted by Gasteiger charge is 2.25. The molecule has 0 bridgehead atoms. The maximum Gasteiger partial charge on any atom is 0.243 e. The second-order valence-electron chi connectivity index (χ2n) is 3.61. The quantitative estimate of drug-likeness (QED) is 0.886. The first-order chi connectivity index (χ1) is 7.60. The van der Waals surface area contributed by atoms with Gasteiger partial charge >= 0.3 is 0 Å². The van der Waals surface area contributed by atoms with Crippen molar-refractivity contribution in [1.82, 2.24) is 9.62 Å². The lowest BCUT2D eigenvalue weighted by molar-refractivity contribution is 0.360. The summed E-state index contributed by atoms with van der Waals surface area (Å²) in [6, 6.07) is 6.74. The van der Waals surface area contributed by atoms with Gasteiger partial charge in [-0.25, -0.2) is 8.42 Å². The van der Waals surface area contributed by atoms with Crippen molar-refractivity contribution in [2.24, 2.45) is 0 Å². The molecule has 1 heterocycles. The van der Waals surface area contributed by atoms with Gasteiger partial charge < -0.3 is 5.32 Å². The summed E-state index contributed by atoms with van der Waals surface area (Å²) < 4.78 is 26.8. The number of hydrogen-bond donors (Lipinski definition) is 1. The molecule has 0 unspecified atom stereocenters. The van der Waals surface area contributed by atoms with Gasteiger partial charge in [0.2, 0.25) is 10.0 Å². The lowest BCUT2D eigenvalue weighted by atomic mass is 10.4. The van der Waals surface area contributed by atoms with Gasteiger partial charge in [0.05, 0.1) is 4.90 Å². The van der Waals surface area contributed by atoms with E-state index in [-0.39, 0.29) is 12.4 Å². The average Bonchev–Trinajstić information content (AvgIpc) is 2.31. The van der Waals surface area contributed by atoms with Gasteiger partial charge in [-0.3, -0.25) is 0 Å². The van der Waals surface area contributed by atoms with Crippen molar-refractivity contribution in [3.63, 3.8) is 0 Å². The number of halogens is 2. The second-order valence-corrected chi connectivity index (χ2v) is 6.46. The molecule has 7 heteroatoms. The van der Waals surface area contributed by atoms with Gasteiger partial charge in [-0.15, -0.1) is 12.4 Å². The molecule has 0 amide bonds. The van der Waals surface area contributed by atoms with Crippen LogP contribution in [0, 0.1) is 0 Å². The van der Waals surface area contributed by atoms with Crippen LogP contribution in [0.3, 0.4) is 0 Å². The number of nitrogens with one attached hydrogen (secondary N) is 1. The van der Waals surface area contributed by atoms with Crippen molar-refractivity contribution in [1.29, 1.82) is 0 Å². The van der Waals surface area contributed by atoms with Crippen LogP contribution in [0.15, 0.2) is 33.6 Å². The third-order valence-electron chi connectivity index (χ3n) is 2.53. The first kappa shape index (κ1) is 14.9. The molecule has 1 aromatic rings. The fraction of sp³-hybridized carbons (Fsp3) is 0.400. The summed E-state index contributed by atoms with van der Waals surface area (Å²) in [5, 5.41) is 3.13. The summed E-state index contributed by atoms with van der Waals surface area (Å²) in [5.74, 6) is 0. The zero-order valence-electron chi connectivity index (χ0n) is 9.10. The van der Waals surface area contributed by atoms with Crippen molar-refractivity contribution >= 4 is 38.4 Å². The van der Waals surface area contributed by atoms with E-state index in [4.69, 9.17) is 0 Å². The number of piperazine rings is 1. The Balaban J connectivity index is 0.00000144. The van der Waals surface area contributed by atoms with Gasteiger partial charge in [-0.2, -0.15) is 4.31 Å². The normalized spacial score (nSPS) is 17.5. The van der Waals surface area contributed by atoms with Gasteiger partial charge in [0.25, 0.3) is 0 Å². The van der Waals surface area contributed by atoms with Crippen LogP contribution in [-0.2, 0) is 10.0 Å². The van der Waals surface area contributed by atoms with Crippen LogP contribution in [0.25, 0.3) is 0 Å². The fourth-order valence-electron chi connectivity index (χ4n) is 1.64. The molecule has 1 fully saturated rings. The van der Waals surface area contributed by atoms with Crippen molar-refractivity contribution in [3.05, 3.63) is 28.7 Å². The number of sulfonamides is 1. The van der Waals surface area contributed by atoms with Crippen LogP contribution in [0.1, 0.15) is 0 Å². The Kier molecular flexibility index (Phi) is 5.40. The monoisotopic (exact) mass is 340 g/mol. The molecule has 0 aliphatic carbocycles. The van der Waals surface area contributed by atoms with Crippen LogP contribution in [-0.4, -0.2) is 38.9 Å². The van der Waals surface area contributed by atoms with E-state index in [0.29, 0.717) is 18.0 Å². The minimum atomic E-state index is -3.31. The molecular weight excluding hydrogens is 328 g/mol. The summed E-state index contributed by atoms with van der Waals surface area (Å²) in [5.41, 5.74) is 0. The van der Waals surface area contributed by atoms with Gasteiger partial charge in [0, 0.05) is 30.7 Å². The summed E-state index contributed by atoms with van der Waals surface area (Å²) in [6.45, 7) is 2.52. The third kappa shape index (κ3) is 3.42. The largest absolute Gasteiger partial charge is 0.314 e. The smallest absolute Gasteiger partial charge is 0.243 e. The van der Waals surface area contributed by atoms with Gasteiger partial charge in [0.1, 0.15) is 0 Å². The van der Waals surface area contributed by atoms with Crippen LogP contribution in [0.2, 0.25) is 0 Å². The lowest BCUT2D eigenvalue weighted by Gasteiger charge is -2.26. The van der Waals surface area contributed by atoms with E-state index in [1.54, 1.807) is 24.3 Å². The van der Waals surface area contributed by atoms with Crippen LogP contribution < -0.4 is 5.32 Å².